The average Bonchev–Trinajstić information content (AvgIpc) is 2.14. The molecule has 0 radical (unpaired) electrons. The van der Waals surface area contributed by atoms with Gasteiger partial charge in [0.25, 0.3) is 5.91 Å². The molecule has 0 atom stereocenters. The Kier molecular flexibility index (Phi) is 2.85. The van der Waals surface area contributed by atoms with Crippen molar-refractivity contribution in [3.63, 3.8) is 0 Å². The third-order valence-corrected chi connectivity index (χ3v) is 1.34. The molecular weight excluding hydrogens is 188 g/mol. The SMILES string of the molecule is NC(=O)NNC(=O)c1cc[nH]c(=O)c1. The second-order valence-electron chi connectivity index (χ2n) is 2.38. The molecule has 0 aliphatic heterocycles. The van der Waals surface area contributed by atoms with Crippen LogP contribution in [0.5, 0.6) is 0 Å². The van der Waals surface area contributed by atoms with Gasteiger partial charge in [-0.05, 0) is 6.07 Å². The first-order chi connectivity index (χ1) is 6.59. The molecule has 14 heavy (non-hydrogen) atoms. The Bertz CT molecular complexity index is 411. The minimum absolute atomic E-state index is 0.127. The lowest BCUT2D eigenvalue weighted by atomic mass is 10.2. The molecule has 0 bridgehead atoms. The molecule has 1 heterocycles. The topological polar surface area (TPSA) is 117 Å². The molecular formula is C7H8N4O3. The molecule has 1 aromatic heterocycles. The van der Waals surface area contributed by atoms with Gasteiger partial charge in [-0.2, -0.15) is 0 Å². The first-order valence-corrected chi connectivity index (χ1v) is 3.64. The van der Waals surface area contributed by atoms with Crippen molar-refractivity contribution in [2.75, 3.05) is 0 Å². The molecule has 0 saturated carbocycles. The number of urea groups is 1. The highest BCUT2D eigenvalue weighted by molar-refractivity contribution is 5.94. The smallest absolute Gasteiger partial charge is 0.330 e. The van der Waals surface area contributed by atoms with Crippen LogP contribution in [0.1, 0.15) is 10.4 Å². The number of primary amides is 1. The van der Waals surface area contributed by atoms with Gasteiger partial charge in [0.05, 0.1) is 0 Å². The predicted molar refractivity (Wildman–Crippen MR) is 47.2 cm³/mol. The highest BCUT2D eigenvalue weighted by Crippen LogP contribution is 1.90. The number of aromatic amines is 1. The number of amides is 3. The lowest BCUT2D eigenvalue weighted by Gasteiger charge is -2.03. The number of carbonyl (C=O) groups is 2. The van der Waals surface area contributed by atoms with E-state index in [0.717, 1.165) is 6.07 Å². The fraction of sp³-hybridized carbons (Fsp3) is 0. The number of aromatic nitrogens is 1. The van der Waals surface area contributed by atoms with Crippen LogP contribution in [0.4, 0.5) is 4.79 Å². The Morgan fingerprint density at radius 1 is 1.36 bits per heavy atom. The monoisotopic (exact) mass is 196 g/mol. The molecule has 7 nitrogen and oxygen atoms in total. The highest BCUT2D eigenvalue weighted by Gasteiger charge is 2.05. The van der Waals surface area contributed by atoms with Crippen molar-refractivity contribution in [3.8, 4) is 0 Å². The Hall–Kier alpha value is -2.31. The summed E-state index contributed by atoms with van der Waals surface area (Å²) in [5.74, 6) is -0.616. The van der Waals surface area contributed by atoms with Crippen LogP contribution in [0.2, 0.25) is 0 Å². The third-order valence-electron chi connectivity index (χ3n) is 1.34. The van der Waals surface area contributed by atoms with Gasteiger partial charge in [0.1, 0.15) is 0 Å². The summed E-state index contributed by atoms with van der Waals surface area (Å²) in [6.45, 7) is 0. The van der Waals surface area contributed by atoms with Gasteiger partial charge in [0, 0.05) is 17.8 Å². The number of pyridine rings is 1. The molecule has 3 amide bonds. The quantitative estimate of drug-likeness (QED) is 0.417. The number of nitrogens with one attached hydrogen (secondary N) is 3. The van der Waals surface area contributed by atoms with Crippen molar-refractivity contribution in [1.82, 2.24) is 15.8 Å². The summed E-state index contributed by atoms with van der Waals surface area (Å²) < 4.78 is 0. The second kappa shape index (κ2) is 4.08. The molecule has 0 aromatic carbocycles. The van der Waals surface area contributed by atoms with E-state index >= 15 is 0 Å². The fourth-order valence-corrected chi connectivity index (χ4v) is 0.776. The van der Waals surface area contributed by atoms with Gasteiger partial charge in [-0.1, -0.05) is 0 Å². The Morgan fingerprint density at radius 3 is 2.64 bits per heavy atom. The van der Waals surface area contributed by atoms with Crippen LogP contribution in [-0.2, 0) is 0 Å². The van der Waals surface area contributed by atoms with Gasteiger partial charge in [-0.25, -0.2) is 10.2 Å². The van der Waals surface area contributed by atoms with Crippen molar-refractivity contribution in [1.29, 1.82) is 0 Å². The first-order valence-electron chi connectivity index (χ1n) is 3.64. The van der Waals surface area contributed by atoms with E-state index in [9.17, 15) is 14.4 Å². The van der Waals surface area contributed by atoms with E-state index < -0.39 is 17.5 Å². The summed E-state index contributed by atoms with van der Waals surface area (Å²) in [5.41, 5.74) is 8.34. The summed E-state index contributed by atoms with van der Waals surface area (Å²) in [7, 11) is 0. The zero-order valence-electron chi connectivity index (χ0n) is 7.03. The van der Waals surface area contributed by atoms with Crippen LogP contribution in [0.25, 0.3) is 0 Å². The number of carbonyl (C=O) groups excluding carboxylic acids is 2. The molecule has 5 N–H and O–H groups in total. The zero-order chi connectivity index (χ0) is 10.6. The van der Waals surface area contributed by atoms with Gasteiger partial charge in [-0.15, -0.1) is 0 Å². The fourth-order valence-electron chi connectivity index (χ4n) is 0.776. The van der Waals surface area contributed by atoms with E-state index in [1.54, 1.807) is 0 Å². The van der Waals surface area contributed by atoms with Crippen LogP contribution >= 0.6 is 0 Å². The zero-order valence-corrected chi connectivity index (χ0v) is 7.03. The van der Waals surface area contributed by atoms with Gasteiger partial charge in [0.15, 0.2) is 0 Å². The largest absolute Gasteiger partial charge is 0.350 e. The summed E-state index contributed by atoms with van der Waals surface area (Å²) in [6.07, 6.45) is 1.32. The summed E-state index contributed by atoms with van der Waals surface area (Å²) in [4.78, 5) is 34.5. The standard InChI is InChI=1S/C7H8N4O3/c8-7(14)11-10-6(13)4-1-2-9-5(12)3-4/h1-3H,(H,9,12)(H,10,13)(H3,8,11,14). The number of hydrogen-bond donors (Lipinski definition) is 4. The molecule has 7 heteroatoms. The molecule has 0 saturated heterocycles. The molecule has 0 aliphatic rings. The van der Waals surface area contributed by atoms with Crippen molar-refractivity contribution in [2.24, 2.45) is 5.73 Å². The average molecular weight is 196 g/mol. The highest BCUT2D eigenvalue weighted by atomic mass is 16.2. The molecule has 74 valence electrons. The van der Waals surface area contributed by atoms with E-state index in [2.05, 4.69) is 4.98 Å². The summed E-state index contributed by atoms with van der Waals surface area (Å²) >= 11 is 0. The second-order valence-corrected chi connectivity index (χ2v) is 2.38. The van der Waals surface area contributed by atoms with Gasteiger partial charge < -0.3 is 10.7 Å². The van der Waals surface area contributed by atoms with Gasteiger partial charge in [-0.3, -0.25) is 15.0 Å². The van der Waals surface area contributed by atoms with Crippen molar-refractivity contribution < 1.29 is 9.59 Å². The lowest BCUT2D eigenvalue weighted by Crippen LogP contribution is -2.44. The van der Waals surface area contributed by atoms with Crippen molar-refractivity contribution in [3.05, 3.63) is 34.2 Å². The minimum atomic E-state index is -0.886. The van der Waals surface area contributed by atoms with Crippen LogP contribution in [0.15, 0.2) is 23.1 Å². The van der Waals surface area contributed by atoms with E-state index in [1.807, 2.05) is 10.9 Å². The van der Waals surface area contributed by atoms with Gasteiger partial charge >= 0.3 is 6.03 Å². The molecule has 0 fully saturated rings. The Morgan fingerprint density at radius 2 is 2.07 bits per heavy atom. The number of rotatable bonds is 1. The number of H-pyrrole nitrogens is 1. The summed E-state index contributed by atoms with van der Waals surface area (Å²) in [5, 5.41) is 0. The van der Waals surface area contributed by atoms with Crippen molar-refractivity contribution >= 4 is 11.9 Å². The number of hydrazine groups is 1. The molecule has 1 rings (SSSR count). The normalized spacial score (nSPS) is 9.14. The Balaban J connectivity index is 2.70. The van der Waals surface area contributed by atoms with E-state index in [0.29, 0.717) is 0 Å². The predicted octanol–water partition coefficient (Wildman–Crippen LogP) is -1.31. The van der Waals surface area contributed by atoms with Crippen LogP contribution in [-0.4, -0.2) is 16.9 Å². The summed E-state index contributed by atoms with van der Waals surface area (Å²) in [6, 6.07) is 1.60. The molecule has 0 aliphatic carbocycles. The van der Waals surface area contributed by atoms with E-state index in [1.165, 1.54) is 12.3 Å². The third kappa shape index (κ3) is 2.63. The maximum atomic E-state index is 11.2. The van der Waals surface area contributed by atoms with E-state index in [4.69, 9.17) is 5.73 Å². The molecule has 1 aromatic rings. The van der Waals surface area contributed by atoms with Crippen LogP contribution < -0.4 is 22.1 Å². The van der Waals surface area contributed by atoms with Crippen LogP contribution in [0.3, 0.4) is 0 Å². The maximum Gasteiger partial charge on any atom is 0.330 e. The van der Waals surface area contributed by atoms with Crippen LogP contribution in [0, 0.1) is 0 Å². The maximum absolute atomic E-state index is 11.2. The minimum Gasteiger partial charge on any atom is -0.350 e. The lowest BCUT2D eigenvalue weighted by molar-refractivity contribution is 0.0937. The molecule has 0 unspecified atom stereocenters. The molecule has 0 spiro atoms. The van der Waals surface area contributed by atoms with E-state index in [-0.39, 0.29) is 5.56 Å². The first kappa shape index (κ1) is 9.78. The Labute approximate surface area is 78.3 Å². The van der Waals surface area contributed by atoms with Crippen molar-refractivity contribution in [2.45, 2.75) is 0 Å². The number of hydrogen-bond acceptors (Lipinski definition) is 3. The van der Waals surface area contributed by atoms with Gasteiger partial charge in [0.2, 0.25) is 5.56 Å². The number of nitrogens with two attached hydrogens (primary N) is 1.